The molecule has 0 amide bonds. The van der Waals surface area contributed by atoms with Gasteiger partial charge in [0, 0.05) is 5.57 Å². The Bertz CT molecular complexity index is 414. The summed E-state index contributed by atoms with van der Waals surface area (Å²) < 4.78 is 24.5. The van der Waals surface area contributed by atoms with Gasteiger partial charge < -0.3 is 9.47 Å². The van der Waals surface area contributed by atoms with Crippen LogP contribution in [0.2, 0.25) is 0 Å². The van der Waals surface area contributed by atoms with Crippen LogP contribution in [0.1, 0.15) is 32.6 Å². The van der Waals surface area contributed by atoms with Crippen LogP contribution < -0.4 is 0 Å². The van der Waals surface area contributed by atoms with Crippen LogP contribution in [0.5, 0.6) is 0 Å². The van der Waals surface area contributed by atoms with Crippen LogP contribution in [-0.2, 0) is 9.47 Å². The third kappa shape index (κ3) is 5.03. The third-order valence-electron chi connectivity index (χ3n) is 3.05. The first kappa shape index (κ1) is 14.1. The Balaban J connectivity index is 1.65. The minimum absolute atomic E-state index is 0.138. The van der Waals surface area contributed by atoms with Crippen molar-refractivity contribution in [1.82, 2.24) is 0 Å². The second-order valence-electron chi connectivity index (χ2n) is 4.78. The Morgan fingerprint density at radius 2 is 2.16 bits per heavy atom. The van der Waals surface area contributed by atoms with E-state index in [1.54, 1.807) is 6.08 Å². The van der Waals surface area contributed by atoms with E-state index in [4.69, 9.17) is 9.47 Å². The van der Waals surface area contributed by atoms with Gasteiger partial charge in [0.1, 0.15) is 11.6 Å². The highest BCUT2D eigenvalue weighted by molar-refractivity contribution is 5.28. The Kier molecular flexibility index (Phi) is 5.40. The average Bonchev–Trinajstić information content (AvgIpc) is 3.23. The highest BCUT2D eigenvalue weighted by Gasteiger charge is 2.23. The minimum atomic E-state index is -0.138. The largest absolute Gasteiger partial charge is 0.491 e. The number of ether oxygens (including phenoxy) is 2. The molecule has 0 spiro atoms. The molecule has 0 radical (unpaired) electrons. The van der Waals surface area contributed by atoms with E-state index in [0.29, 0.717) is 24.9 Å². The molecule has 2 nitrogen and oxygen atoms in total. The van der Waals surface area contributed by atoms with Crippen LogP contribution in [0.25, 0.3) is 0 Å². The number of allylic oxidation sites excluding steroid dienone is 4. The van der Waals surface area contributed by atoms with E-state index in [1.165, 1.54) is 0 Å². The molecular formula is C16H21FO2. The molecule has 2 aliphatic rings. The molecule has 0 aromatic heterocycles. The number of rotatable bonds is 7. The Morgan fingerprint density at radius 3 is 2.84 bits per heavy atom. The Hall–Kier alpha value is -1.35. The highest BCUT2D eigenvalue weighted by Crippen LogP contribution is 2.26. The van der Waals surface area contributed by atoms with Crippen molar-refractivity contribution in [3.63, 3.8) is 0 Å². The summed E-state index contributed by atoms with van der Waals surface area (Å²) in [4.78, 5) is 0. The predicted octanol–water partition coefficient (Wildman–Crippen LogP) is 4.22. The monoisotopic (exact) mass is 264 g/mol. The van der Waals surface area contributed by atoms with Gasteiger partial charge >= 0.3 is 0 Å². The van der Waals surface area contributed by atoms with Gasteiger partial charge in [0.15, 0.2) is 0 Å². The topological polar surface area (TPSA) is 18.5 Å². The standard InChI is InChI=1S/C16H21FO2/c1-2-14(19-15-9-10-15)7-5-11-18-12-13-6-3-4-8-16(13)17/h2,5-8,15H,3-4,9-12H2,1H3/b7-5+,14-2-. The van der Waals surface area contributed by atoms with E-state index >= 15 is 0 Å². The van der Waals surface area contributed by atoms with Gasteiger partial charge in [0.05, 0.1) is 19.3 Å². The molecule has 0 saturated heterocycles. The van der Waals surface area contributed by atoms with E-state index in [1.807, 2.05) is 31.2 Å². The maximum absolute atomic E-state index is 13.4. The molecule has 0 aromatic carbocycles. The maximum Gasteiger partial charge on any atom is 0.124 e. The molecule has 3 heteroatoms. The van der Waals surface area contributed by atoms with Gasteiger partial charge in [0.2, 0.25) is 0 Å². The van der Waals surface area contributed by atoms with Gasteiger partial charge in [-0.2, -0.15) is 0 Å². The van der Waals surface area contributed by atoms with Crippen molar-refractivity contribution in [2.75, 3.05) is 13.2 Å². The van der Waals surface area contributed by atoms with Crippen LogP contribution in [0, 0.1) is 0 Å². The lowest BCUT2D eigenvalue weighted by Gasteiger charge is -2.09. The maximum atomic E-state index is 13.4. The fourth-order valence-electron chi connectivity index (χ4n) is 1.81. The van der Waals surface area contributed by atoms with Crippen molar-refractivity contribution in [3.05, 3.63) is 47.5 Å². The first-order chi connectivity index (χ1) is 9.29. The van der Waals surface area contributed by atoms with Gasteiger partial charge in [-0.1, -0.05) is 12.2 Å². The molecule has 0 bridgehead atoms. The van der Waals surface area contributed by atoms with Gasteiger partial charge in [0.25, 0.3) is 0 Å². The quantitative estimate of drug-likeness (QED) is 0.389. The molecule has 19 heavy (non-hydrogen) atoms. The SMILES string of the molecule is C/C=C(/C=C/COCC1=CCCC=C1F)OC1CC1. The van der Waals surface area contributed by atoms with Crippen LogP contribution >= 0.6 is 0 Å². The molecule has 1 saturated carbocycles. The zero-order chi connectivity index (χ0) is 13.5. The first-order valence-corrected chi connectivity index (χ1v) is 6.92. The molecule has 0 atom stereocenters. The average molecular weight is 264 g/mol. The molecule has 2 rings (SSSR count). The number of hydrogen-bond acceptors (Lipinski definition) is 2. The molecule has 0 N–H and O–H groups in total. The van der Waals surface area contributed by atoms with Gasteiger partial charge in [-0.3, -0.25) is 0 Å². The molecule has 0 aromatic rings. The van der Waals surface area contributed by atoms with Crippen molar-refractivity contribution in [2.45, 2.75) is 38.7 Å². The van der Waals surface area contributed by atoms with E-state index in [2.05, 4.69) is 0 Å². The van der Waals surface area contributed by atoms with Crippen LogP contribution in [0.3, 0.4) is 0 Å². The fraction of sp³-hybridized carbons (Fsp3) is 0.500. The summed E-state index contributed by atoms with van der Waals surface area (Å²) >= 11 is 0. The minimum Gasteiger partial charge on any atom is -0.491 e. The summed E-state index contributed by atoms with van der Waals surface area (Å²) in [5.74, 6) is 0.746. The smallest absolute Gasteiger partial charge is 0.124 e. The number of halogens is 1. The van der Waals surface area contributed by atoms with Crippen LogP contribution in [-0.4, -0.2) is 19.3 Å². The van der Waals surface area contributed by atoms with Crippen molar-refractivity contribution in [2.24, 2.45) is 0 Å². The zero-order valence-corrected chi connectivity index (χ0v) is 11.4. The van der Waals surface area contributed by atoms with Crippen molar-refractivity contribution >= 4 is 0 Å². The van der Waals surface area contributed by atoms with Gasteiger partial charge in [-0.15, -0.1) is 0 Å². The molecule has 2 aliphatic carbocycles. The number of hydrogen-bond donors (Lipinski definition) is 0. The molecular weight excluding hydrogens is 243 g/mol. The Labute approximate surface area is 114 Å². The van der Waals surface area contributed by atoms with Crippen molar-refractivity contribution in [3.8, 4) is 0 Å². The highest BCUT2D eigenvalue weighted by atomic mass is 19.1. The summed E-state index contributed by atoms with van der Waals surface area (Å²) in [6, 6.07) is 0. The van der Waals surface area contributed by atoms with Crippen molar-refractivity contribution < 1.29 is 13.9 Å². The zero-order valence-electron chi connectivity index (χ0n) is 11.4. The first-order valence-electron chi connectivity index (χ1n) is 6.92. The third-order valence-corrected chi connectivity index (χ3v) is 3.05. The summed E-state index contributed by atoms with van der Waals surface area (Å²) in [5.41, 5.74) is 0.667. The lowest BCUT2D eigenvalue weighted by molar-refractivity contribution is 0.183. The lowest BCUT2D eigenvalue weighted by atomic mass is 10.1. The summed E-state index contributed by atoms with van der Waals surface area (Å²) in [7, 11) is 0. The van der Waals surface area contributed by atoms with E-state index in [-0.39, 0.29) is 5.83 Å². The lowest BCUT2D eigenvalue weighted by Crippen LogP contribution is -2.02. The molecule has 104 valence electrons. The summed E-state index contributed by atoms with van der Waals surface area (Å²) in [5, 5.41) is 0. The molecule has 0 unspecified atom stereocenters. The molecule has 0 aliphatic heterocycles. The summed E-state index contributed by atoms with van der Waals surface area (Å²) in [6.45, 7) is 2.76. The van der Waals surface area contributed by atoms with Gasteiger partial charge in [-0.05, 0) is 50.8 Å². The van der Waals surface area contributed by atoms with Crippen LogP contribution in [0.15, 0.2) is 47.5 Å². The summed E-state index contributed by atoms with van der Waals surface area (Å²) in [6.07, 6.45) is 13.7. The predicted molar refractivity (Wildman–Crippen MR) is 74.3 cm³/mol. The van der Waals surface area contributed by atoms with E-state index in [0.717, 1.165) is 31.4 Å². The second-order valence-corrected chi connectivity index (χ2v) is 4.78. The van der Waals surface area contributed by atoms with Gasteiger partial charge in [-0.25, -0.2) is 4.39 Å². The van der Waals surface area contributed by atoms with E-state index in [9.17, 15) is 4.39 Å². The van der Waals surface area contributed by atoms with Crippen molar-refractivity contribution in [1.29, 1.82) is 0 Å². The van der Waals surface area contributed by atoms with Crippen LogP contribution in [0.4, 0.5) is 4.39 Å². The van der Waals surface area contributed by atoms with E-state index < -0.39 is 0 Å². The molecule has 0 heterocycles. The fourth-order valence-corrected chi connectivity index (χ4v) is 1.81. The molecule has 1 fully saturated rings. The normalized spacial score (nSPS) is 20.4. The Morgan fingerprint density at radius 1 is 1.37 bits per heavy atom. The second kappa shape index (κ2) is 7.29.